The van der Waals surface area contributed by atoms with Crippen LogP contribution >= 0.6 is 0 Å². The van der Waals surface area contributed by atoms with Gasteiger partial charge in [0.25, 0.3) is 0 Å². The predicted molar refractivity (Wildman–Crippen MR) is 109 cm³/mol. The van der Waals surface area contributed by atoms with Crippen molar-refractivity contribution in [2.24, 2.45) is 0 Å². The summed E-state index contributed by atoms with van der Waals surface area (Å²) in [5.41, 5.74) is 7.76. The molecule has 0 aromatic heterocycles. The maximum absolute atomic E-state index is 10.5. The molecule has 26 heavy (non-hydrogen) atoms. The molecule has 3 rings (SSSR count). The fraction of sp³-hybridized carbons (Fsp3) is 0.458. The molecule has 1 aromatic carbocycles. The highest BCUT2D eigenvalue weighted by atomic mass is 16.4. The van der Waals surface area contributed by atoms with E-state index >= 15 is 0 Å². The maximum Gasteiger partial charge on any atom is 0.328 e. The first-order chi connectivity index (χ1) is 12.2. The van der Waals surface area contributed by atoms with E-state index in [0.29, 0.717) is 0 Å². The second-order valence-electron chi connectivity index (χ2n) is 8.92. The molecule has 2 nitrogen and oxygen atoms in total. The van der Waals surface area contributed by atoms with Crippen molar-refractivity contribution in [2.45, 2.75) is 70.6 Å². The molecule has 0 amide bonds. The third-order valence-electron chi connectivity index (χ3n) is 6.05. The molecule has 138 valence electrons. The zero-order valence-electron chi connectivity index (χ0n) is 16.4. The van der Waals surface area contributed by atoms with E-state index < -0.39 is 5.97 Å². The first kappa shape index (κ1) is 18.7. The lowest BCUT2D eigenvalue weighted by Crippen LogP contribution is -2.34. The second-order valence-corrected chi connectivity index (χ2v) is 8.92. The van der Waals surface area contributed by atoms with Crippen molar-refractivity contribution < 1.29 is 9.90 Å². The Kier molecular flexibility index (Phi) is 4.96. The van der Waals surface area contributed by atoms with Crippen LogP contribution in [0.2, 0.25) is 0 Å². The van der Waals surface area contributed by atoms with Crippen LogP contribution in [-0.2, 0) is 22.0 Å². The molecule has 0 saturated carbocycles. The second kappa shape index (κ2) is 6.90. The minimum Gasteiger partial charge on any atom is -0.478 e. The summed E-state index contributed by atoms with van der Waals surface area (Å²) in [7, 11) is 0. The largest absolute Gasteiger partial charge is 0.478 e. The summed E-state index contributed by atoms with van der Waals surface area (Å²) in [5.74, 6) is -0.909. The Morgan fingerprint density at radius 1 is 1.08 bits per heavy atom. The Labute approximate surface area is 157 Å². The standard InChI is InChI=1S/C24H30O2/c1-23(2)13-14-24(3,4)21-16-19-17(9-6-5-7-12-22(25)26)10-8-11-18(19)15-20(21)23/h5-7,10,12,15-16H,8-9,11,13-14H2,1-4H3,(H,25,26). The van der Waals surface area contributed by atoms with E-state index in [4.69, 9.17) is 5.11 Å². The summed E-state index contributed by atoms with van der Waals surface area (Å²) in [6.45, 7) is 9.50. The molecule has 0 bridgehead atoms. The van der Waals surface area contributed by atoms with Crippen LogP contribution in [0.5, 0.6) is 0 Å². The van der Waals surface area contributed by atoms with E-state index in [-0.39, 0.29) is 10.8 Å². The molecule has 0 radical (unpaired) electrons. The minimum atomic E-state index is -0.909. The molecular weight excluding hydrogens is 320 g/mol. The highest BCUT2D eigenvalue weighted by molar-refractivity contribution is 5.80. The molecule has 1 N–H and O–H groups in total. The Bertz CT molecular complexity index is 804. The first-order valence-corrected chi connectivity index (χ1v) is 9.64. The molecule has 0 spiro atoms. The lowest BCUT2D eigenvalue weighted by Gasteiger charge is -2.43. The molecule has 0 fully saturated rings. The lowest BCUT2D eigenvalue weighted by molar-refractivity contribution is -0.131. The van der Waals surface area contributed by atoms with Gasteiger partial charge in [-0.05, 0) is 70.8 Å². The fourth-order valence-electron chi connectivity index (χ4n) is 4.28. The summed E-state index contributed by atoms with van der Waals surface area (Å²) in [6, 6.07) is 4.93. The quantitative estimate of drug-likeness (QED) is 0.538. The molecule has 0 unspecified atom stereocenters. The molecule has 0 saturated heterocycles. The maximum atomic E-state index is 10.5. The van der Waals surface area contributed by atoms with Crippen molar-refractivity contribution in [3.8, 4) is 0 Å². The van der Waals surface area contributed by atoms with Crippen molar-refractivity contribution in [3.05, 3.63) is 64.8 Å². The van der Waals surface area contributed by atoms with E-state index in [1.165, 1.54) is 46.7 Å². The van der Waals surface area contributed by atoms with Gasteiger partial charge in [0.1, 0.15) is 0 Å². The molecular formula is C24H30O2. The number of hydrogen-bond acceptors (Lipinski definition) is 1. The van der Waals surface area contributed by atoms with E-state index in [0.717, 1.165) is 19.3 Å². The molecule has 0 aliphatic heterocycles. The molecule has 2 heteroatoms. The Balaban J connectivity index is 1.94. The number of carboxylic acid groups (broad SMARTS) is 1. The van der Waals surface area contributed by atoms with E-state index in [9.17, 15) is 4.79 Å². The normalized spacial score (nSPS) is 20.7. The van der Waals surface area contributed by atoms with Crippen LogP contribution in [0.15, 0.2) is 42.5 Å². The van der Waals surface area contributed by atoms with Crippen LogP contribution in [-0.4, -0.2) is 11.1 Å². The van der Waals surface area contributed by atoms with Gasteiger partial charge in [-0.1, -0.05) is 64.1 Å². The molecule has 0 heterocycles. The number of rotatable bonds is 4. The van der Waals surface area contributed by atoms with Gasteiger partial charge in [0.05, 0.1) is 0 Å². The lowest BCUT2D eigenvalue weighted by atomic mass is 9.62. The van der Waals surface area contributed by atoms with Crippen molar-refractivity contribution in [2.75, 3.05) is 0 Å². The van der Waals surface area contributed by atoms with Gasteiger partial charge in [0.2, 0.25) is 0 Å². The van der Waals surface area contributed by atoms with Crippen molar-refractivity contribution in [1.29, 1.82) is 0 Å². The molecule has 1 aromatic rings. The first-order valence-electron chi connectivity index (χ1n) is 9.64. The van der Waals surface area contributed by atoms with Crippen LogP contribution in [0.25, 0.3) is 5.57 Å². The number of aryl methyl sites for hydroxylation is 1. The van der Waals surface area contributed by atoms with Crippen LogP contribution in [0.1, 0.15) is 75.6 Å². The van der Waals surface area contributed by atoms with Gasteiger partial charge >= 0.3 is 5.97 Å². The number of hydrogen-bond donors (Lipinski definition) is 1. The topological polar surface area (TPSA) is 37.3 Å². The number of aliphatic carboxylic acids is 1. The number of fused-ring (bicyclic) bond motifs is 2. The van der Waals surface area contributed by atoms with Gasteiger partial charge in [-0.3, -0.25) is 0 Å². The summed E-state index contributed by atoms with van der Waals surface area (Å²) >= 11 is 0. The zero-order chi connectivity index (χ0) is 18.9. The minimum absolute atomic E-state index is 0.225. The van der Waals surface area contributed by atoms with Crippen LogP contribution in [0.3, 0.4) is 0 Å². The summed E-state index contributed by atoms with van der Waals surface area (Å²) in [4.78, 5) is 10.5. The van der Waals surface area contributed by atoms with Gasteiger partial charge in [0.15, 0.2) is 0 Å². The van der Waals surface area contributed by atoms with Gasteiger partial charge in [-0.2, -0.15) is 0 Å². The highest BCUT2D eigenvalue weighted by Gasteiger charge is 2.37. The van der Waals surface area contributed by atoms with Crippen molar-refractivity contribution >= 4 is 11.5 Å². The third-order valence-corrected chi connectivity index (χ3v) is 6.05. The Morgan fingerprint density at radius 3 is 2.38 bits per heavy atom. The fourth-order valence-corrected chi connectivity index (χ4v) is 4.28. The highest BCUT2D eigenvalue weighted by Crippen LogP contribution is 2.48. The van der Waals surface area contributed by atoms with E-state index in [2.05, 4.69) is 52.0 Å². The van der Waals surface area contributed by atoms with Crippen LogP contribution in [0.4, 0.5) is 0 Å². The van der Waals surface area contributed by atoms with Crippen LogP contribution in [0, 0.1) is 0 Å². The zero-order valence-corrected chi connectivity index (χ0v) is 16.4. The van der Waals surface area contributed by atoms with Gasteiger partial charge in [-0.25, -0.2) is 4.79 Å². The summed E-state index contributed by atoms with van der Waals surface area (Å²) in [5, 5.41) is 8.66. The van der Waals surface area contributed by atoms with Gasteiger partial charge < -0.3 is 5.11 Å². The molecule has 2 aliphatic rings. The number of allylic oxidation sites excluding steroid dienone is 5. The van der Waals surface area contributed by atoms with Crippen molar-refractivity contribution in [3.63, 3.8) is 0 Å². The average molecular weight is 351 g/mol. The SMILES string of the molecule is CC1(C)CCC(C)(C)c2cc3c(cc21)CCC=C3CC=CC=CC(=O)O. The predicted octanol–water partition coefficient (Wildman–Crippen LogP) is 5.95. The third kappa shape index (κ3) is 3.70. The van der Waals surface area contributed by atoms with Crippen LogP contribution < -0.4 is 0 Å². The smallest absolute Gasteiger partial charge is 0.328 e. The number of carbonyl (C=O) groups is 1. The van der Waals surface area contributed by atoms with E-state index in [1.807, 2.05) is 6.08 Å². The monoisotopic (exact) mass is 350 g/mol. The van der Waals surface area contributed by atoms with Gasteiger partial charge in [-0.15, -0.1) is 0 Å². The Hall–Kier alpha value is -2.09. The Morgan fingerprint density at radius 2 is 1.73 bits per heavy atom. The number of carboxylic acids is 1. The van der Waals surface area contributed by atoms with Crippen molar-refractivity contribution in [1.82, 2.24) is 0 Å². The summed E-state index contributed by atoms with van der Waals surface area (Å²) < 4.78 is 0. The van der Waals surface area contributed by atoms with Gasteiger partial charge in [0, 0.05) is 6.08 Å². The molecule has 0 atom stereocenters. The van der Waals surface area contributed by atoms with E-state index in [1.54, 1.807) is 6.08 Å². The molecule has 2 aliphatic carbocycles. The average Bonchev–Trinajstić information content (AvgIpc) is 2.57. The number of benzene rings is 1. The summed E-state index contributed by atoms with van der Waals surface area (Å²) in [6.07, 6.45) is 14.5.